The van der Waals surface area contributed by atoms with Crippen LogP contribution in [0, 0.1) is 0 Å². The molecule has 19 heavy (non-hydrogen) atoms. The molecule has 1 aliphatic heterocycles. The Kier molecular flexibility index (Phi) is 5.05. The van der Waals surface area contributed by atoms with Crippen molar-refractivity contribution in [3.05, 3.63) is 29.3 Å². The molecule has 104 valence electrons. The van der Waals surface area contributed by atoms with Gasteiger partial charge >= 0.3 is 0 Å². The van der Waals surface area contributed by atoms with Crippen LogP contribution in [-0.4, -0.2) is 38.2 Å². The Morgan fingerprint density at radius 1 is 1.58 bits per heavy atom. The second-order valence-electron chi connectivity index (χ2n) is 4.52. The van der Waals surface area contributed by atoms with Crippen LogP contribution in [0.25, 0.3) is 0 Å². The van der Waals surface area contributed by atoms with Gasteiger partial charge in [-0.15, -0.1) is 11.6 Å². The molecule has 1 atom stereocenters. The van der Waals surface area contributed by atoms with Gasteiger partial charge in [0.25, 0.3) is 5.91 Å². The summed E-state index contributed by atoms with van der Waals surface area (Å²) in [4.78, 5) is 12.0. The van der Waals surface area contributed by atoms with Crippen LogP contribution in [-0.2, 0) is 11.2 Å². The van der Waals surface area contributed by atoms with E-state index < -0.39 is 0 Å². The summed E-state index contributed by atoms with van der Waals surface area (Å²) < 4.78 is 10.3. The smallest absolute Gasteiger partial charge is 0.251 e. The Balaban J connectivity index is 1.83. The summed E-state index contributed by atoms with van der Waals surface area (Å²) in [5.74, 6) is 0.813. The van der Waals surface area contributed by atoms with E-state index in [1.165, 1.54) is 0 Å². The second-order valence-corrected chi connectivity index (χ2v) is 5.14. The van der Waals surface area contributed by atoms with Gasteiger partial charge in [0, 0.05) is 25.6 Å². The van der Waals surface area contributed by atoms with Crippen molar-refractivity contribution in [1.29, 1.82) is 0 Å². The van der Waals surface area contributed by atoms with Crippen LogP contribution in [0.2, 0.25) is 0 Å². The molecule has 1 aromatic carbocycles. The maximum absolute atomic E-state index is 12.0. The molecule has 1 unspecified atom stereocenters. The van der Waals surface area contributed by atoms with Gasteiger partial charge < -0.3 is 14.8 Å². The number of amides is 1. The Labute approximate surface area is 118 Å². The Morgan fingerprint density at radius 2 is 2.42 bits per heavy atom. The Hall–Kier alpha value is -1.26. The van der Waals surface area contributed by atoms with Gasteiger partial charge in [-0.25, -0.2) is 0 Å². The molecule has 1 aromatic rings. The lowest BCUT2D eigenvalue weighted by atomic mass is 10.1. The monoisotopic (exact) mass is 283 g/mol. The van der Waals surface area contributed by atoms with Crippen molar-refractivity contribution < 1.29 is 14.3 Å². The van der Waals surface area contributed by atoms with Crippen LogP contribution in [0.15, 0.2) is 18.2 Å². The van der Waals surface area contributed by atoms with Gasteiger partial charge in [0.15, 0.2) is 0 Å². The fourth-order valence-electron chi connectivity index (χ4n) is 2.04. The van der Waals surface area contributed by atoms with Crippen LogP contribution >= 0.6 is 11.6 Å². The van der Waals surface area contributed by atoms with Crippen molar-refractivity contribution in [3.8, 4) is 5.75 Å². The first-order chi connectivity index (χ1) is 9.20. The lowest BCUT2D eigenvalue weighted by molar-refractivity contribution is 0.0951. The van der Waals surface area contributed by atoms with E-state index >= 15 is 0 Å². The van der Waals surface area contributed by atoms with Crippen molar-refractivity contribution >= 4 is 17.5 Å². The average Bonchev–Trinajstić information content (AvgIpc) is 2.86. The molecule has 0 bridgehead atoms. The Bertz CT molecular complexity index is 450. The molecule has 1 heterocycles. The molecule has 0 aliphatic carbocycles. The van der Waals surface area contributed by atoms with Gasteiger partial charge in [-0.1, -0.05) is 0 Å². The quantitative estimate of drug-likeness (QED) is 0.812. The zero-order valence-electron chi connectivity index (χ0n) is 10.9. The number of carbonyl (C=O) groups excluding carboxylic acids is 1. The second kappa shape index (κ2) is 6.78. The van der Waals surface area contributed by atoms with E-state index in [2.05, 4.69) is 5.32 Å². The number of ether oxygens (including phenoxy) is 2. The number of fused-ring (bicyclic) bond motifs is 1. The molecule has 1 N–H and O–H groups in total. The highest BCUT2D eigenvalue weighted by Crippen LogP contribution is 2.25. The molecule has 5 heteroatoms. The molecular formula is C14H18ClNO3. The molecule has 0 saturated carbocycles. The first kappa shape index (κ1) is 14.2. The molecule has 4 nitrogen and oxygen atoms in total. The fourth-order valence-corrected chi connectivity index (χ4v) is 2.27. The molecule has 0 spiro atoms. The minimum absolute atomic E-state index is 0.0706. The van der Waals surface area contributed by atoms with Crippen molar-refractivity contribution in [2.24, 2.45) is 0 Å². The summed E-state index contributed by atoms with van der Waals surface area (Å²) in [5, 5.41) is 2.79. The molecular weight excluding hydrogens is 266 g/mol. The third-order valence-electron chi connectivity index (χ3n) is 3.04. The predicted octanol–water partition coefficient (Wildman–Crippen LogP) is 2.00. The molecule has 0 radical (unpaired) electrons. The molecule has 0 aromatic heterocycles. The standard InChI is InChI=1S/C14H18ClNO3/c1-18-9-12(15)4-6-16-14(17)11-2-3-13-10(8-11)5-7-19-13/h2-3,8,12H,4-7,9H2,1H3,(H,16,17). The number of nitrogens with one attached hydrogen (secondary N) is 1. The third-order valence-corrected chi connectivity index (χ3v) is 3.39. The average molecular weight is 284 g/mol. The van der Waals surface area contributed by atoms with E-state index in [1.807, 2.05) is 12.1 Å². The van der Waals surface area contributed by atoms with Crippen LogP contribution in [0.5, 0.6) is 5.75 Å². The SMILES string of the molecule is COCC(Cl)CCNC(=O)c1ccc2c(c1)CCO2. The summed E-state index contributed by atoms with van der Waals surface area (Å²) >= 11 is 5.99. The Morgan fingerprint density at radius 3 is 3.21 bits per heavy atom. The zero-order valence-corrected chi connectivity index (χ0v) is 11.7. The first-order valence-corrected chi connectivity index (χ1v) is 6.81. The third kappa shape index (κ3) is 3.85. The normalized spacial score (nSPS) is 14.6. The van der Waals surface area contributed by atoms with E-state index in [0.29, 0.717) is 31.7 Å². The van der Waals surface area contributed by atoms with E-state index in [1.54, 1.807) is 13.2 Å². The molecule has 2 rings (SSSR count). The lowest BCUT2D eigenvalue weighted by Gasteiger charge is -2.09. The highest BCUT2D eigenvalue weighted by atomic mass is 35.5. The molecule has 1 aliphatic rings. The van der Waals surface area contributed by atoms with Crippen molar-refractivity contribution in [2.75, 3.05) is 26.9 Å². The first-order valence-electron chi connectivity index (χ1n) is 6.37. The number of alkyl halides is 1. The topological polar surface area (TPSA) is 47.6 Å². The number of hydrogen-bond acceptors (Lipinski definition) is 3. The highest BCUT2D eigenvalue weighted by Gasteiger charge is 2.15. The van der Waals surface area contributed by atoms with Crippen LogP contribution in [0.4, 0.5) is 0 Å². The predicted molar refractivity (Wildman–Crippen MR) is 74.1 cm³/mol. The largest absolute Gasteiger partial charge is 0.493 e. The molecule has 1 amide bonds. The van der Waals surface area contributed by atoms with Crippen LogP contribution < -0.4 is 10.1 Å². The van der Waals surface area contributed by atoms with Gasteiger partial charge in [-0.3, -0.25) is 4.79 Å². The van der Waals surface area contributed by atoms with E-state index in [9.17, 15) is 4.79 Å². The number of benzene rings is 1. The van der Waals surface area contributed by atoms with Crippen molar-refractivity contribution in [3.63, 3.8) is 0 Å². The van der Waals surface area contributed by atoms with E-state index in [-0.39, 0.29) is 11.3 Å². The van der Waals surface area contributed by atoms with Gasteiger partial charge in [0.2, 0.25) is 0 Å². The minimum atomic E-state index is -0.0732. The highest BCUT2D eigenvalue weighted by molar-refractivity contribution is 6.20. The number of methoxy groups -OCH3 is 1. The zero-order chi connectivity index (χ0) is 13.7. The van der Waals surface area contributed by atoms with E-state index in [0.717, 1.165) is 17.7 Å². The van der Waals surface area contributed by atoms with Crippen molar-refractivity contribution in [1.82, 2.24) is 5.32 Å². The lowest BCUT2D eigenvalue weighted by Crippen LogP contribution is -2.27. The number of carbonyl (C=O) groups is 1. The summed E-state index contributed by atoms with van der Waals surface area (Å²) in [6.07, 6.45) is 1.56. The van der Waals surface area contributed by atoms with E-state index in [4.69, 9.17) is 21.1 Å². The summed E-state index contributed by atoms with van der Waals surface area (Å²) in [6.45, 7) is 1.74. The molecule has 0 saturated heterocycles. The van der Waals surface area contributed by atoms with Crippen LogP contribution in [0.3, 0.4) is 0 Å². The number of hydrogen-bond donors (Lipinski definition) is 1. The fraction of sp³-hybridized carbons (Fsp3) is 0.500. The summed E-state index contributed by atoms with van der Waals surface area (Å²) in [5.41, 5.74) is 1.77. The van der Waals surface area contributed by atoms with Gasteiger partial charge in [0.1, 0.15) is 5.75 Å². The maximum Gasteiger partial charge on any atom is 0.251 e. The summed E-state index contributed by atoms with van der Waals surface area (Å²) in [6, 6.07) is 5.53. The van der Waals surface area contributed by atoms with Crippen LogP contribution in [0.1, 0.15) is 22.3 Å². The summed E-state index contributed by atoms with van der Waals surface area (Å²) in [7, 11) is 1.61. The van der Waals surface area contributed by atoms with Gasteiger partial charge in [0.05, 0.1) is 18.6 Å². The van der Waals surface area contributed by atoms with Crippen molar-refractivity contribution in [2.45, 2.75) is 18.2 Å². The van der Waals surface area contributed by atoms with Gasteiger partial charge in [-0.05, 0) is 30.2 Å². The van der Waals surface area contributed by atoms with Gasteiger partial charge in [-0.2, -0.15) is 0 Å². The number of halogens is 1. The maximum atomic E-state index is 12.0. The molecule has 0 fully saturated rings. The number of rotatable bonds is 6. The minimum Gasteiger partial charge on any atom is -0.493 e.